The van der Waals surface area contributed by atoms with E-state index < -0.39 is 61.9 Å². The molecule has 2 rings (SSSR count). The number of carbonyl (C=O) groups excluding carboxylic acids is 2. The summed E-state index contributed by atoms with van der Waals surface area (Å²) < 4.78 is 35.7. The Morgan fingerprint density at radius 3 is 2.70 bits per heavy atom. The lowest BCUT2D eigenvalue weighted by Crippen LogP contribution is -2.33. The molecule has 37 heavy (non-hydrogen) atoms. The first-order chi connectivity index (χ1) is 17.3. The number of azide groups is 1. The number of aromatic amines is 1. The Labute approximate surface area is 216 Å². The van der Waals surface area contributed by atoms with E-state index in [0.29, 0.717) is 0 Å². The Balaban J connectivity index is 2.11. The van der Waals surface area contributed by atoms with Gasteiger partial charge in [-0.3, -0.25) is 33.0 Å². The number of carbonyl (C=O) groups is 2. The van der Waals surface area contributed by atoms with Crippen molar-refractivity contribution in [3.8, 4) is 0 Å². The third kappa shape index (κ3) is 9.11. The first-order valence-electron chi connectivity index (χ1n) is 11.2. The lowest BCUT2D eigenvalue weighted by atomic mass is 10.00. The van der Waals surface area contributed by atoms with Crippen molar-refractivity contribution >= 4 is 30.6 Å². The Kier molecular flexibility index (Phi) is 11.1. The quantitative estimate of drug-likeness (QED) is 0.0941. The van der Waals surface area contributed by atoms with Gasteiger partial charge < -0.3 is 9.47 Å². The molecule has 1 aromatic heterocycles. The second kappa shape index (κ2) is 13.4. The van der Waals surface area contributed by atoms with Gasteiger partial charge in [0.1, 0.15) is 12.8 Å². The predicted molar refractivity (Wildman–Crippen MR) is 134 cm³/mol. The van der Waals surface area contributed by atoms with E-state index in [1.54, 1.807) is 20.8 Å². The van der Waals surface area contributed by atoms with Gasteiger partial charge in [-0.05, 0) is 12.5 Å². The molecule has 0 amide bonds. The molecule has 0 bridgehead atoms. The minimum absolute atomic E-state index is 0.0790. The summed E-state index contributed by atoms with van der Waals surface area (Å²) in [6.45, 7) is 5.81. The monoisotopic (exact) mass is 562 g/mol. The van der Waals surface area contributed by atoms with E-state index >= 15 is 0 Å². The van der Waals surface area contributed by atoms with E-state index in [4.69, 9.17) is 19.3 Å². The average molecular weight is 563 g/mol. The number of nitrogens with zero attached hydrogens (tertiary/aromatic N) is 4. The van der Waals surface area contributed by atoms with E-state index in [-0.39, 0.29) is 29.5 Å². The van der Waals surface area contributed by atoms with Gasteiger partial charge in [-0.2, -0.15) is 0 Å². The van der Waals surface area contributed by atoms with Crippen LogP contribution < -0.4 is 16.3 Å². The Bertz CT molecular complexity index is 1190. The molecular weight excluding hydrogens is 531 g/mol. The van der Waals surface area contributed by atoms with Gasteiger partial charge >= 0.3 is 19.4 Å². The standard InChI is InChI=1S/C20H31N6O9PS/c1-12-10-26(19(30)23-17(12)28)15-8-13(24-25-21)14(35-15)11-34-36(31,22-9-16(27)32-5)33-6-7-37-18(29)20(2,3)4/h10,13-15H,6-9,11H2,1-5H3,(H,22,31)(H,23,28,30)/t13-,14+,15+,36?/m0/s1. The smallest absolute Gasteiger partial charge is 0.406 e. The van der Waals surface area contributed by atoms with Crippen LogP contribution in [0.2, 0.25) is 0 Å². The lowest BCUT2D eigenvalue weighted by molar-refractivity contribution is -0.139. The van der Waals surface area contributed by atoms with Crippen LogP contribution in [0.25, 0.3) is 10.4 Å². The van der Waals surface area contributed by atoms with Gasteiger partial charge in [-0.25, -0.2) is 14.4 Å². The van der Waals surface area contributed by atoms with Crippen molar-refractivity contribution in [3.05, 3.63) is 43.0 Å². The maximum Gasteiger partial charge on any atom is 0.406 e. The highest BCUT2D eigenvalue weighted by Gasteiger charge is 2.39. The fourth-order valence-electron chi connectivity index (χ4n) is 3.07. The second-order valence-electron chi connectivity index (χ2n) is 9.04. The first kappa shape index (κ1) is 30.8. The molecule has 0 aromatic carbocycles. The highest BCUT2D eigenvalue weighted by atomic mass is 32.2. The Hall–Kier alpha value is -2.45. The number of hydrogen-bond acceptors (Lipinski definition) is 11. The summed E-state index contributed by atoms with van der Waals surface area (Å²) >= 11 is 1.01. The highest BCUT2D eigenvalue weighted by molar-refractivity contribution is 8.13. The van der Waals surface area contributed by atoms with Crippen LogP contribution in [0.3, 0.4) is 0 Å². The number of aryl methyl sites for hydroxylation is 1. The number of aromatic nitrogens is 2. The minimum atomic E-state index is -4.11. The summed E-state index contributed by atoms with van der Waals surface area (Å²) in [6.07, 6.45) is -0.426. The van der Waals surface area contributed by atoms with E-state index in [1.165, 1.54) is 13.1 Å². The lowest BCUT2D eigenvalue weighted by Gasteiger charge is -2.22. The van der Waals surface area contributed by atoms with Crippen molar-refractivity contribution in [2.45, 2.75) is 52.5 Å². The van der Waals surface area contributed by atoms with Crippen LogP contribution in [-0.4, -0.2) is 65.4 Å². The van der Waals surface area contributed by atoms with Crippen LogP contribution in [-0.2, 0) is 32.7 Å². The molecule has 15 nitrogen and oxygen atoms in total. The molecule has 1 unspecified atom stereocenters. The highest BCUT2D eigenvalue weighted by Crippen LogP contribution is 2.45. The molecule has 2 heterocycles. The summed E-state index contributed by atoms with van der Waals surface area (Å²) in [5.41, 5.74) is 7.42. The molecule has 1 saturated heterocycles. The number of hydrogen-bond donors (Lipinski definition) is 2. The molecule has 2 N–H and O–H groups in total. The van der Waals surface area contributed by atoms with Crippen molar-refractivity contribution in [1.29, 1.82) is 0 Å². The van der Waals surface area contributed by atoms with Crippen LogP contribution in [0.15, 0.2) is 20.9 Å². The van der Waals surface area contributed by atoms with Crippen molar-refractivity contribution < 1.29 is 32.7 Å². The zero-order valence-corrected chi connectivity index (χ0v) is 22.9. The molecule has 206 valence electrons. The molecule has 4 atom stereocenters. The molecule has 0 radical (unpaired) electrons. The van der Waals surface area contributed by atoms with Gasteiger partial charge in [-0.15, -0.1) is 0 Å². The molecular formula is C20H31N6O9PS. The molecule has 0 aliphatic carbocycles. The second-order valence-corrected chi connectivity index (χ2v) is 11.9. The number of nitrogens with one attached hydrogen (secondary N) is 2. The largest absolute Gasteiger partial charge is 0.468 e. The third-order valence-corrected chi connectivity index (χ3v) is 7.91. The van der Waals surface area contributed by atoms with Crippen molar-refractivity contribution in [1.82, 2.24) is 14.6 Å². The van der Waals surface area contributed by atoms with Crippen LogP contribution in [0.4, 0.5) is 0 Å². The Morgan fingerprint density at radius 1 is 1.38 bits per heavy atom. The number of rotatable bonds is 12. The zero-order chi connectivity index (χ0) is 27.8. The minimum Gasteiger partial charge on any atom is -0.468 e. The fraction of sp³-hybridized carbons (Fsp3) is 0.700. The molecule has 1 aliphatic heterocycles. The van der Waals surface area contributed by atoms with Crippen molar-refractivity contribution in [2.75, 3.05) is 32.6 Å². The van der Waals surface area contributed by atoms with Crippen molar-refractivity contribution in [2.24, 2.45) is 10.5 Å². The molecule has 1 aromatic rings. The third-order valence-electron chi connectivity index (χ3n) is 5.10. The maximum atomic E-state index is 13.3. The summed E-state index contributed by atoms with van der Waals surface area (Å²) in [4.78, 5) is 52.5. The predicted octanol–water partition coefficient (Wildman–Crippen LogP) is 2.02. The zero-order valence-electron chi connectivity index (χ0n) is 21.2. The fourth-order valence-corrected chi connectivity index (χ4v) is 5.23. The molecule has 0 spiro atoms. The van der Waals surface area contributed by atoms with Gasteiger partial charge in [0, 0.05) is 34.3 Å². The first-order valence-corrected chi connectivity index (χ1v) is 13.7. The number of methoxy groups -OCH3 is 1. The average Bonchev–Trinajstić information content (AvgIpc) is 3.23. The summed E-state index contributed by atoms with van der Waals surface area (Å²) in [6, 6.07) is -0.803. The van der Waals surface area contributed by atoms with Gasteiger partial charge in [0.25, 0.3) is 5.56 Å². The summed E-state index contributed by atoms with van der Waals surface area (Å²) in [5.74, 6) is -0.539. The number of ether oxygens (including phenoxy) is 2. The van der Waals surface area contributed by atoms with Crippen LogP contribution >= 0.6 is 19.5 Å². The van der Waals surface area contributed by atoms with Gasteiger partial charge in [0.05, 0.1) is 32.5 Å². The molecule has 1 fully saturated rings. The number of thioether (sulfide) groups is 1. The van der Waals surface area contributed by atoms with E-state index in [1.807, 2.05) is 0 Å². The molecule has 17 heteroatoms. The van der Waals surface area contributed by atoms with Gasteiger partial charge in [-0.1, -0.05) is 37.6 Å². The molecule has 0 saturated carbocycles. The topological polar surface area (TPSA) is 204 Å². The van der Waals surface area contributed by atoms with Gasteiger partial charge in [0.2, 0.25) is 0 Å². The summed E-state index contributed by atoms with van der Waals surface area (Å²) in [5, 5.41) is 5.99. The van der Waals surface area contributed by atoms with Crippen LogP contribution in [0.5, 0.6) is 0 Å². The maximum absolute atomic E-state index is 13.3. The molecule has 1 aliphatic rings. The van der Waals surface area contributed by atoms with E-state index in [2.05, 4.69) is 24.8 Å². The van der Waals surface area contributed by atoms with Crippen molar-refractivity contribution in [3.63, 3.8) is 0 Å². The Morgan fingerprint density at radius 2 is 2.08 bits per heavy atom. The normalized spacial score (nSPS) is 21.2. The summed E-state index contributed by atoms with van der Waals surface area (Å²) in [7, 11) is -2.95. The van der Waals surface area contributed by atoms with Crippen LogP contribution in [0, 0.1) is 12.3 Å². The van der Waals surface area contributed by atoms with Crippen LogP contribution in [0.1, 0.15) is 39.0 Å². The van der Waals surface area contributed by atoms with Gasteiger partial charge in [0.15, 0.2) is 5.12 Å². The number of esters is 1. The number of H-pyrrole nitrogens is 1. The van der Waals surface area contributed by atoms with E-state index in [0.717, 1.165) is 23.4 Å². The van der Waals surface area contributed by atoms with E-state index in [9.17, 15) is 23.7 Å². The SMILES string of the molecule is COC(=O)CNP(=O)(OCCSC(=O)C(C)(C)C)OC[C@H]1O[C@@H](n2cc(C)c(=O)[nH]c2=O)C[C@@H]1N=[N+]=[N-].